The van der Waals surface area contributed by atoms with E-state index in [-0.39, 0.29) is 5.54 Å². The highest BCUT2D eigenvalue weighted by Crippen LogP contribution is 2.30. The predicted octanol–water partition coefficient (Wildman–Crippen LogP) is 4.43. The number of benzene rings is 1. The molecule has 0 saturated heterocycles. The minimum Gasteiger partial charge on any atom is -0.295 e. The van der Waals surface area contributed by atoms with Gasteiger partial charge in [0.25, 0.3) is 0 Å². The van der Waals surface area contributed by atoms with E-state index in [9.17, 15) is 0 Å². The van der Waals surface area contributed by atoms with Crippen LogP contribution in [0, 0.1) is 11.7 Å². The van der Waals surface area contributed by atoms with Gasteiger partial charge in [-0.3, -0.25) is 9.67 Å². The Morgan fingerprint density at radius 1 is 1.33 bits per heavy atom. The lowest BCUT2D eigenvalue weighted by Gasteiger charge is -2.23. The summed E-state index contributed by atoms with van der Waals surface area (Å²) in [5, 5.41) is 7.27. The maximum atomic E-state index is 5.33. The van der Waals surface area contributed by atoms with Crippen molar-refractivity contribution in [1.82, 2.24) is 14.8 Å². The molecular weight excluding hydrogens is 310 g/mol. The van der Waals surface area contributed by atoms with Gasteiger partial charge in [0, 0.05) is 15.6 Å². The normalized spacial score (nSPS) is 11.8. The first-order chi connectivity index (χ1) is 8.32. The fourth-order valence-electron chi connectivity index (χ4n) is 1.95. The van der Waals surface area contributed by atoms with Gasteiger partial charge < -0.3 is 0 Å². The first-order valence-corrected chi connectivity index (χ1v) is 6.96. The molecule has 2 aromatic rings. The van der Waals surface area contributed by atoms with E-state index < -0.39 is 0 Å². The second-order valence-electron chi connectivity index (χ2n) is 5.27. The molecule has 1 aromatic carbocycles. The Morgan fingerprint density at radius 3 is 2.61 bits per heavy atom. The van der Waals surface area contributed by atoms with Crippen molar-refractivity contribution in [2.45, 2.75) is 33.2 Å². The fraction of sp³-hybridized carbons (Fsp3) is 0.385. The van der Waals surface area contributed by atoms with E-state index in [1.54, 1.807) is 0 Å². The molecule has 0 aliphatic rings. The van der Waals surface area contributed by atoms with Crippen LogP contribution in [0.3, 0.4) is 0 Å². The van der Waals surface area contributed by atoms with Crippen molar-refractivity contribution in [2.24, 2.45) is 0 Å². The number of H-pyrrole nitrogens is 1. The molecule has 0 saturated carbocycles. The molecule has 3 nitrogen and oxygen atoms in total. The quantitative estimate of drug-likeness (QED) is 0.786. The van der Waals surface area contributed by atoms with Crippen molar-refractivity contribution < 1.29 is 0 Å². The molecule has 2 rings (SSSR count). The molecule has 0 spiro atoms. The third-order valence-corrected chi connectivity index (χ3v) is 3.98. The summed E-state index contributed by atoms with van der Waals surface area (Å²) in [6.07, 6.45) is 0. The van der Waals surface area contributed by atoms with E-state index in [2.05, 4.69) is 64.5 Å². The van der Waals surface area contributed by atoms with Crippen LogP contribution < -0.4 is 0 Å². The van der Waals surface area contributed by atoms with Crippen LogP contribution in [0.15, 0.2) is 22.7 Å². The van der Waals surface area contributed by atoms with E-state index >= 15 is 0 Å². The summed E-state index contributed by atoms with van der Waals surface area (Å²) in [7, 11) is 0. The molecular formula is C13H16BrN3S. The van der Waals surface area contributed by atoms with Crippen molar-refractivity contribution in [3.8, 4) is 11.4 Å². The van der Waals surface area contributed by atoms with Gasteiger partial charge in [0.05, 0.1) is 0 Å². The van der Waals surface area contributed by atoms with E-state index in [0.717, 1.165) is 21.4 Å². The highest BCUT2D eigenvalue weighted by molar-refractivity contribution is 9.10. The standard InChI is InChI=1S/C13H16BrN3S/c1-8-9(6-5-7-10(8)14)11-15-16-12(18)17(11)13(2,3)4/h5-7H,1-4H3,(H,16,18). The van der Waals surface area contributed by atoms with Crippen LogP contribution in [-0.4, -0.2) is 14.8 Å². The zero-order chi connectivity index (χ0) is 13.5. The van der Waals surface area contributed by atoms with Crippen LogP contribution in [0.2, 0.25) is 0 Å². The Kier molecular flexibility index (Phi) is 3.47. The van der Waals surface area contributed by atoms with Gasteiger partial charge in [-0.25, -0.2) is 0 Å². The second kappa shape index (κ2) is 4.63. The first-order valence-electron chi connectivity index (χ1n) is 5.76. The Labute approximate surface area is 120 Å². The van der Waals surface area contributed by atoms with Crippen LogP contribution in [0.1, 0.15) is 26.3 Å². The molecule has 1 heterocycles. The number of hydrogen-bond acceptors (Lipinski definition) is 2. The Hall–Kier alpha value is -0.940. The zero-order valence-electron chi connectivity index (χ0n) is 10.9. The van der Waals surface area contributed by atoms with Gasteiger partial charge in [-0.15, -0.1) is 0 Å². The maximum absolute atomic E-state index is 5.33. The first kappa shape index (κ1) is 13.5. The summed E-state index contributed by atoms with van der Waals surface area (Å²) < 4.78 is 3.78. The molecule has 0 amide bonds. The van der Waals surface area contributed by atoms with Crippen LogP contribution >= 0.6 is 28.1 Å². The molecule has 0 bridgehead atoms. The molecule has 18 heavy (non-hydrogen) atoms. The molecule has 0 aliphatic carbocycles. The molecule has 0 fully saturated rings. The largest absolute Gasteiger partial charge is 0.295 e. The van der Waals surface area contributed by atoms with Crippen molar-refractivity contribution >= 4 is 28.1 Å². The summed E-state index contributed by atoms with van der Waals surface area (Å²) in [5.41, 5.74) is 2.15. The summed E-state index contributed by atoms with van der Waals surface area (Å²) in [6, 6.07) is 6.10. The van der Waals surface area contributed by atoms with Gasteiger partial charge in [-0.1, -0.05) is 28.1 Å². The minimum atomic E-state index is -0.103. The Bertz CT molecular complexity index is 634. The number of halogens is 1. The molecule has 0 aliphatic heterocycles. The summed E-state index contributed by atoms with van der Waals surface area (Å²) in [4.78, 5) is 0. The molecule has 0 radical (unpaired) electrons. The minimum absolute atomic E-state index is 0.103. The third-order valence-electron chi connectivity index (χ3n) is 2.85. The summed E-state index contributed by atoms with van der Waals surface area (Å²) >= 11 is 8.88. The molecule has 0 unspecified atom stereocenters. The number of nitrogens with one attached hydrogen (secondary N) is 1. The van der Waals surface area contributed by atoms with E-state index in [4.69, 9.17) is 12.2 Å². The van der Waals surface area contributed by atoms with Crippen LogP contribution in [-0.2, 0) is 5.54 Å². The van der Waals surface area contributed by atoms with E-state index in [1.165, 1.54) is 0 Å². The Balaban J connectivity index is 2.74. The van der Waals surface area contributed by atoms with E-state index in [0.29, 0.717) is 4.77 Å². The lowest BCUT2D eigenvalue weighted by atomic mass is 10.1. The van der Waals surface area contributed by atoms with Gasteiger partial charge in [0.15, 0.2) is 10.6 Å². The van der Waals surface area contributed by atoms with Gasteiger partial charge in [-0.05, 0) is 51.5 Å². The number of nitrogens with zero attached hydrogens (tertiary/aromatic N) is 2. The smallest absolute Gasteiger partial charge is 0.195 e. The summed E-state index contributed by atoms with van der Waals surface area (Å²) in [5.74, 6) is 0.881. The highest BCUT2D eigenvalue weighted by atomic mass is 79.9. The molecule has 0 atom stereocenters. The maximum Gasteiger partial charge on any atom is 0.195 e. The van der Waals surface area contributed by atoms with Gasteiger partial charge in [-0.2, -0.15) is 5.10 Å². The van der Waals surface area contributed by atoms with Crippen molar-refractivity contribution in [3.05, 3.63) is 33.0 Å². The average molecular weight is 326 g/mol. The van der Waals surface area contributed by atoms with E-state index in [1.807, 2.05) is 12.1 Å². The topological polar surface area (TPSA) is 33.6 Å². The van der Waals surface area contributed by atoms with Crippen molar-refractivity contribution in [2.75, 3.05) is 0 Å². The second-order valence-corrected chi connectivity index (χ2v) is 6.51. The molecule has 5 heteroatoms. The van der Waals surface area contributed by atoms with Crippen molar-refractivity contribution in [3.63, 3.8) is 0 Å². The lowest BCUT2D eigenvalue weighted by Crippen LogP contribution is -2.23. The fourth-order valence-corrected chi connectivity index (χ4v) is 2.72. The van der Waals surface area contributed by atoms with Crippen LogP contribution in [0.25, 0.3) is 11.4 Å². The number of aromatic nitrogens is 3. The van der Waals surface area contributed by atoms with Crippen molar-refractivity contribution in [1.29, 1.82) is 0 Å². The van der Waals surface area contributed by atoms with Gasteiger partial charge in [0.1, 0.15) is 0 Å². The molecule has 1 aromatic heterocycles. The van der Waals surface area contributed by atoms with Crippen LogP contribution in [0.4, 0.5) is 0 Å². The lowest BCUT2D eigenvalue weighted by molar-refractivity contribution is 0.395. The monoisotopic (exact) mass is 325 g/mol. The number of aromatic amines is 1. The third kappa shape index (κ3) is 2.29. The van der Waals surface area contributed by atoms with Crippen LogP contribution in [0.5, 0.6) is 0 Å². The summed E-state index contributed by atoms with van der Waals surface area (Å²) in [6.45, 7) is 8.43. The number of hydrogen-bond donors (Lipinski definition) is 1. The SMILES string of the molecule is Cc1c(Br)cccc1-c1n[nH]c(=S)n1C(C)(C)C. The zero-order valence-corrected chi connectivity index (χ0v) is 13.3. The Morgan fingerprint density at radius 2 is 2.00 bits per heavy atom. The van der Waals surface area contributed by atoms with Gasteiger partial charge >= 0.3 is 0 Å². The highest BCUT2D eigenvalue weighted by Gasteiger charge is 2.21. The molecule has 96 valence electrons. The van der Waals surface area contributed by atoms with Gasteiger partial charge in [0.2, 0.25) is 0 Å². The predicted molar refractivity (Wildman–Crippen MR) is 80.3 cm³/mol. The average Bonchev–Trinajstić information content (AvgIpc) is 2.64. The number of rotatable bonds is 1. The molecule has 1 N–H and O–H groups in total.